The van der Waals surface area contributed by atoms with E-state index >= 15 is 0 Å². The Morgan fingerprint density at radius 1 is 0.810 bits per heavy atom. The molecule has 0 fully saturated rings. The maximum absolute atomic E-state index is 9.45. The van der Waals surface area contributed by atoms with Crippen LogP contribution in [0, 0.1) is 23.2 Å². The van der Waals surface area contributed by atoms with Crippen molar-refractivity contribution in [2.75, 3.05) is 0 Å². The van der Waals surface area contributed by atoms with E-state index in [2.05, 4.69) is 122 Å². The van der Waals surface area contributed by atoms with Crippen molar-refractivity contribution in [3.8, 4) is 17.2 Å². The summed E-state index contributed by atoms with van der Waals surface area (Å²) in [6.07, 6.45) is 12.5. The van der Waals surface area contributed by atoms with Crippen molar-refractivity contribution in [1.82, 2.24) is 4.57 Å². The van der Waals surface area contributed by atoms with E-state index < -0.39 is 0 Å². The highest BCUT2D eigenvalue weighted by atomic mass is 16.3. The molecular weight excluding hydrogens is 512 g/mol. The van der Waals surface area contributed by atoms with E-state index in [-0.39, 0.29) is 11.8 Å². The summed E-state index contributed by atoms with van der Waals surface area (Å²) in [7, 11) is 0. The van der Waals surface area contributed by atoms with E-state index in [4.69, 9.17) is 4.42 Å². The summed E-state index contributed by atoms with van der Waals surface area (Å²) in [6.45, 7) is 4.53. The van der Waals surface area contributed by atoms with Gasteiger partial charge in [0.15, 0.2) is 0 Å². The molecule has 4 aromatic carbocycles. The molecule has 0 saturated carbocycles. The van der Waals surface area contributed by atoms with Gasteiger partial charge in [-0.25, -0.2) is 0 Å². The zero-order valence-electron chi connectivity index (χ0n) is 23.7. The Morgan fingerprint density at radius 2 is 1.67 bits per heavy atom. The predicted octanol–water partition coefficient (Wildman–Crippen LogP) is 10.3. The molecule has 0 spiro atoms. The van der Waals surface area contributed by atoms with E-state index in [0.717, 1.165) is 28.7 Å². The maximum atomic E-state index is 9.45. The van der Waals surface area contributed by atoms with Crippen molar-refractivity contribution in [3.63, 3.8) is 0 Å². The number of para-hydroxylation sites is 1. The van der Waals surface area contributed by atoms with Crippen LogP contribution in [0.2, 0.25) is 0 Å². The van der Waals surface area contributed by atoms with Crippen LogP contribution in [0.3, 0.4) is 0 Å². The molecule has 2 heterocycles. The molecule has 0 amide bonds. The first kappa shape index (κ1) is 24.7. The number of furan rings is 1. The van der Waals surface area contributed by atoms with Crippen LogP contribution >= 0.6 is 0 Å². The lowest BCUT2D eigenvalue weighted by molar-refractivity contribution is 0.469. The summed E-state index contributed by atoms with van der Waals surface area (Å²) >= 11 is 0. The fraction of sp³-hybridized carbons (Fsp3) is 0.154. The number of rotatable bonds is 3. The second-order valence-electron chi connectivity index (χ2n) is 11.8. The third-order valence-electron chi connectivity index (χ3n) is 9.02. The standard InChI is InChI=1S/C39H30N2O/c1-24-7-5-10-30(19-24)41-35-12-4-3-11-31(35)33-22-28(15-17-36(33)41)27-8-6-9-29(21-27)38-25(2)13-16-32-34-20-26(23-40)14-18-37(34)42-39(32)38/h3-6,8-22,24-25,38H,7H2,1-2H3. The fourth-order valence-electron chi connectivity index (χ4n) is 6.97. The number of nitriles is 1. The molecule has 3 atom stereocenters. The molecule has 42 heavy (non-hydrogen) atoms. The van der Waals surface area contributed by atoms with Crippen LogP contribution in [0.4, 0.5) is 0 Å². The molecule has 3 unspecified atom stereocenters. The number of fused-ring (bicyclic) bond motifs is 6. The Morgan fingerprint density at radius 3 is 2.55 bits per heavy atom. The van der Waals surface area contributed by atoms with Gasteiger partial charge in [-0.2, -0.15) is 5.26 Å². The number of nitrogens with zero attached hydrogens (tertiary/aromatic N) is 2. The van der Waals surface area contributed by atoms with Gasteiger partial charge < -0.3 is 8.98 Å². The van der Waals surface area contributed by atoms with Gasteiger partial charge in [0.1, 0.15) is 11.3 Å². The van der Waals surface area contributed by atoms with Crippen molar-refractivity contribution in [3.05, 3.63) is 132 Å². The molecule has 2 aromatic heterocycles. The normalized spacial score (nSPS) is 19.7. The third kappa shape index (κ3) is 3.80. The average molecular weight is 543 g/mol. The van der Waals surface area contributed by atoms with Crippen LogP contribution in [0.5, 0.6) is 0 Å². The van der Waals surface area contributed by atoms with Crippen LogP contribution in [0.15, 0.2) is 114 Å². The Kier molecular flexibility index (Phi) is 5.59. The van der Waals surface area contributed by atoms with Crippen molar-refractivity contribution in [2.45, 2.75) is 26.2 Å². The molecule has 0 saturated heterocycles. The number of hydrogen-bond donors (Lipinski definition) is 0. The molecule has 0 radical (unpaired) electrons. The molecule has 202 valence electrons. The van der Waals surface area contributed by atoms with Gasteiger partial charge in [0.25, 0.3) is 0 Å². The number of allylic oxidation sites excluding steroid dienone is 5. The first-order valence-electron chi connectivity index (χ1n) is 14.8. The van der Waals surface area contributed by atoms with Gasteiger partial charge >= 0.3 is 0 Å². The van der Waals surface area contributed by atoms with Gasteiger partial charge in [0.05, 0.1) is 22.7 Å². The Labute approximate surface area is 245 Å². The molecular formula is C39H30N2O. The highest BCUT2D eigenvalue weighted by Crippen LogP contribution is 2.44. The average Bonchev–Trinajstić information content (AvgIpc) is 3.55. The van der Waals surface area contributed by atoms with Gasteiger partial charge in [-0.05, 0) is 77.4 Å². The molecule has 0 N–H and O–H groups in total. The summed E-state index contributed by atoms with van der Waals surface area (Å²) in [6, 6.07) is 32.5. The molecule has 2 aliphatic carbocycles. The summed E-state index contributed by atoms with van der Waals surface area (Å²) in [5, 5.41) is 13.0. The topological polar surface area (TPSA) is 41.9 Å². The largest absolute Gasteiger partial charge is 0.460 e. The van der Waals surface area contributed by atoms with Crippen LogP contribution in [-0.4, -0.2) is 4.57 Å². The summed E-state index contributed by atoms with van der Waals surface area (Å²) in [5.74, 6) is 1.89. The minimum Gasteiger partial charge on any atom is -0.460 e. The van der Waals surface area contributed by atoms with E-state index in [0.29, 0.717) is 11.5 Å². The van der Waals surface area contributed by atoms with Gasteiger partial charge in [-0.15, -0.1) is 0 Å². The molecule has 2 aliphatic rings. The van der Waals surface area contributed by atoms with Crippen LogP contribution in [0.25, 0.3) is 55.7 Å². The second kappa shape index (κ2) is 9.50. The minimum absolute atomic E-state index is 0.0977. The first-order chi connectivity index (χ1) is 20.6. The Bertz CT molecular complexity index is 2180. The van der Waals surface area contributed by atoms with Crippen molar-refractivity contribution in [2.24, 2.45) is 11.8 Å². The summed E-state index contributed by atoms with van der Waals surface area (Å²) in [4.78, 5) is 0. The van der Waals surface area contributed by atoms with Gasteiger partial charge in [-0.1, -0.05) is 86.7 Å². The molecule has 0 bridgehead atoms. The zero-order valence-corrected chi connectivity index (χ0v) is 23.7. The van der Waals surface area contributed by atoms with Gasteiger partial charge in [0.2, 0.25) is 0 Å². The SMILES string of the molecule is CC1C=C(n2c3ccccc3c3cc(-c4cccc(C5c6oc7ccc(C#N)cc7c6C=CC5C)c4)ccc32)C=CC1. The smallest absolute Gasteiger partial charge is 0.135 e. The second-order valence-corrected chi connectivity index (χ2v) is 11.8. The third-order valence-corrected chi connectivity index (χ3v) is 9.02. The number of aromatic nitrogens is 1. The number of benzene rings is 4. The predicted molar refractivity (Wildman–Crippen MR) is 173 cm³/mol. The van der Waals surface area contributed by atoms with Crippen molar-refractivity contribution in [1.29, 1.82) is 5.26 Å². The van der Waals surface area contributed by atoms with Gasteiger partial charge in [0, 0.05) is 33.3 Å². The summed E-state index contributed by atoms with van der Waals surface area (Å²) < 4.78 is 8.88. The molecule has 6 aromatic rings. The highest BCUT2D eigenvalue weighted by Gasteiger charge is 2.30. The van der Waals surface area contributed by atoms with Crippen LogP contribution in [0.1, 0.15) is 48.6 Å². The molecule has 8 rings (SSSR count). The Hall–Kier alpha value is -5.07. The van der Waals surface area contributed by atoms with E-state index in [1.165, 1.54) is 44.2 Å². The lowest BCUT2D eigenvalue weighted by atomic mass is 9.79. The van der Waals surface area contributed by atoms with Crippen LogP contribution in [-0.2, 0) is 0 Å². The zero-order chi connectivity index (χ0) is 28.4. The van der Waals surface area contributed by atoms with Crippen molar-refractivity contribution >= 4 is 44.5 Å². The molecule has 3 nitrogen and oxygen atoms in total. The minimum atomic E-state index is 0.0977. The number of hydrogen-bond acceptors (Lipinski definition) is 2. The van der Waals surface area contributed by atoms with E-state index in [9.17, 15) is 5.26 Å². The lowest BCUT2D eigenvalue weighted by Gasteiger charge is -2.25. The maximum Gasteiger partial charge on any atom is 0.135 e. The van der Waals surface area contributed by atoms with Crippen LogP contribution < -0.4 is 0 Å². The van der Waals surface area contributed by atoms with E-state index in [1.54, 1.807) is 0 Å². The monoisotopic (exact) mass is 542 g/mol. The lowest BCUT2D eigenvalue weighted by Crippen LogP contribution is -2.13. The van der Waals surface area contributed by atoms with Crippen molar-refractivity contribution < 1.29 is 4.42 Å². The first-order valence-corrected chi connectivity index (χ1v) is 14.8. The molecule has 3 heteroatoms. The highest BCUT2D eigenvalue weighted by molar-refractivity contribution is 6.11. The summed E-state index contributed by atoms with van der Waals surface area (Å²) in [5.41, 5.74) is 9.93. The fourth-order valence-corrected chi connectivity index (χ4v) is 6.97. The van der Waals surface area contributed by atoms with E-state index in [1.807, 2.05) is 18.2 Å². The van der Waals surface area contributed by atoms with Gasteiger partial charge in [-0.3, -0.25) is 0 Å². The Balaban J connectivity index is 1.25. The quantitative estimate of drug-likeness (QED) is 0.223. The molecule has 0 aliphatic heterocycles.